The minimum atomic E-state index is 0.503. The first-order valence-corrected chi connectivity index (χ1v) is 8.41. The molecule has 2 aliphatic rings. The highest BCUT2D eigenvalue weighted by atomic mass is 16.5. The predicted octanol–water partition coefficient (Wildman–Crippen LogP) is 2.69. The molecule has 0 atom stereocenters. The average Bonchev–Trinajstić information content (AvgIpc) is 3.36. The first-order valence-electron chi connectivity index (χ1n) is 8.41. The third-order valence-corrected chi connectivity index (χ3v) is 5.29. The Morgan fingerprint density at radius 3 is 2.57 bits per heavy atom. The van der Waals surface area contributed by atoms with Crippen molar-refractivity contribution >= 4 is 5.96 Å². The van der Waals surface area contributed by atoms with Gasteiger partial charge >= 0.3 is 0 Å². The molecule has 126 valence electrons. The Balaban J connectivity index is 1.54. The Bertz CT molecular complexity index is 578. The molecule has 1 aromatic carbocycles. The smallest absolute Gasteiger partial charge is 0.188 e. The van der Waals surface area contributed by atoms with E-state index < -0.39 is 0 Å². The lowest BCUT2D eigenvalue weighted by Crippen LogP contribution is -2.45. The fourth-order valence-electron chi connectivity index (χ4n) is 3.53. The van der Waals surface area contributed by atoms with Crippen LogP contribution in [0, 0.1) is 11.3 Å². The lowest BCUT2D eigenvalue weighted by atomic mass is 9.65. The summed E-state index contributed by atoms with van der Waals surface area (Å²) in [4.78, 5) is 4.45. The molecule has 5 nitrogen and oxygen atoms in total. The number of nitrogens with zero attached hydrogens (tertiary/aromatic N) is 1. The summed E-state index contributed by atoms with van der Waals surface area (Å²) in [5, 5.41) is 3.34. The molecular formula is C18H27N3O2. The van der Waals surface area contributed by atoms with Crippen LogP contribution in [0.5, 0.6) is 11.5 Å². The van der Waals surface area contributed by atoms with Crippen molar-refractivity contribution in [3.63, 3.8) is 0 Å². The van der Waals surface area contributed by atoms with Crippen LogP contribution in [0.2, 0.25) is 0 Å². The monoisotopic (exact) mass is 317 g/mol. The van der Waals surface area contributed by atoms with E-state index in [1.807, 2.05) is 18.2 Å². The predicted molar refractivity (Wildman–Crippen MR) is 91.9 cm³/mol. The van der Waals surface area contributed by atoms with Crippen LogP contribution in [0.3, 0.4) is 0 Å². The number of guanidine groups is 1. The van der Waals surface area contributed by atoms with Gasteiger partial charge in [0.1, 0.15) is 0 Å². The molecule has 0 aliphatic heterocycles. The minimum Gasteiger partial charge on any atom is -0.493 e. The zero-order valence-electron chi connectivity index (χ0n) is 14.1. The summed E-state index contributed by atoms with van der Waals surface area (Å²) in [5.74, 6) is 2.89. The van der Waals surface area contributed by atoms with E-state index in [-0.39, 0.29) is 0 Å². The zero-order valence-corrected chi connectivity index (χ0v) is 14.1. The Morgan fingerprint density at radius 1 is 1.26 bits per heavy atom. The van der Waals surface area contributed by atoms with Gasteiger partial charge in [0.25, 0.3) is 0 Å². The SMILES string of the molecule is COc1ccc(CN=C(N)NCC2(C3CC3)CCC2)cc1OC. The van der Waals surface area contributed by atoms with Crippen LogP contribution < -0.4 is 20.5 Å². The van der Waals surface area contributed by atoms with E-state index in [2.05, 4.69) is 10.3 Å². The molecule has 2 aliphatic carbocycles. The third-order valence-electron chi connectivity index (χ3n) is 5.29. The second kappa shape index (κ2) is 6.69. The van der Waals surface area contributed by atoms with Gasteiger partial charge in [0, 0.05) is 6.54 Å². The largest absolute Gasteiger partial charge is 0.493 e. The van der Waals surface area contributed by atoms with Crippen molar-refractivity contribution in [1.29, 1.82) is 0 Å². The summed E-state index contributed by atoms with van der Waals surface area (Å²) in [6, 6.07) is 5.81. The summed E-state index contributed by atoms with van der Waals surface area (Å²) in [6.07, 6.45) is 6.83. The van der Waals surface area contributed by atoms with Gasteiger partial charge in [-0.3, -0.25) is 0 Å². The van der Waals surface area contributed by atoms with E-state index in [1.165, 1.54) is 32.1 Å². The molecule has 3 rings (SSSR count). The van der Waals surface area contributed by atoms with E-state index in [0.717, 1.165) is 23.8 Å². The standard InChI is InChI=1S/C18H27N3O2/c1-22-15-7-4-13(10-16(15)23-2)11-20-17(19)21-12-18(8-3-9-18)14-5-6-14/h4,7,10,14H,3,5-6,8-9,11-12H2,1-2H3,(H3,19,20,21). The number of rotatable bonds is 7. The Labute approximate surface area is 138 Å². The van der Waals surface area contributed by atoms with Crippen LogP contribution in [-0.4, -0.2) is 26.7 Å². The fraction of sp³-hybridized carbons (Fsp3) is 0.611. The van der Waals surface area contributed by atoms with Crippen molar-refractivity contribution in [2.45, 2.75) is 38.6 Å². The van der Waals surface area contributed by atoms with Gasteiger partial charge in [0.05, 0.1) is 20.8 Å². The molecule has 0 radical (unpaired) electrons. The van der Waals surface area contributed by atoms with E-state index in [4.69, 9.17) is 15.2 Å². The fourth-order valence-corrected chi connectivity index (χ4v) is 3.53. The molecule has 0 saturated heterocycles. The summed E-state index contributed by atoms with van der Waals surface area (Å²) in [7, 11) is 3.27. The van der Waals surface area contributed by atoms with Crippen molar-refractivity contribution < 1.29 is 9.47 Å². The maximum atomic E-state index is 6.04. The number of hydrogen-bond donors (Lipinski definition) is 2. The van der Waals surface area contributed by atoms with E-state index in [0.29, 0.717) is 23.7 Å². The maximum Gasteiger partial charge on any atom is 0.188 e. The molecule has 0 heterocycles. The molecule has 0 bridgehead atoms. The number of benzene rings is 1. The molecule has 0 aromatic heterocycles. The lowest BCUT2D eigenvalue weighted by molar-refractivity contribution is 0.106. The number of aliphatic imine (C=N–C) groups is 1. The summed E-state index contributed by atoms with van der Waals surface area (Å²) in [6.45, 7) is 1.51. The Morgan fingerprint density at radius 2 is 2.00 bits per heavy atom. The van der Waals surface area contributed by atoms with Crippen LogP contribution in [0.15, 0.2) is 23.2 Å². The molecule has 0 amide bonds. The number of methoxy groups -OCH3 is 2. The van der Waals surface area contributed by atoms with Crippen LogP contribution in [0.25, 0.3) is 0 Å². The quantitative estimate of drug-likeness (QED) is 0.599. The molecule has 5 heteroatoms. The summed E-state index contributed by atoms with van der Waals surface area (Å²) >= 11 is 0. The molecule has 23 heavy (non-hydrogen) atoms. The second-order valence-electron chi connectivity index (χ2n) is 6.73. The van der Waals surface area contributed by atoms with Gasteiger partial charge in [-0.2, -0.15) is 0 Å². The molecule has 0 spiro atoms. The lowest BCUT2D eigenvalue weighted by Gasteiger charge is -2.42. The molecule has 2 fully saturated rings. The van der Waals surface area contributed by atoms with Gasteiger partial charge < -0.3 is 20.5 Å². The van der Waals surface area contributed by atoms with Crippen molar-refractivity contribution in [3.05, 3.63) is 23.8 Å². The molecule has 0 unspecified atom stereocenters. The molecule has 2 saturated carbocycles. The highest BCUT2D eigenvalue weighted by Gasteiger charge is 2.48. The molecule has 1 aromatic rings. The number of hydrogen-bond acceptors (Lipinski definition) is 3. The van der Waals surface area contributed by atoms with E-state index in [1.54, 1.807) is 14.2 Å². The van der Waals surface area contributed by atoms with Gasteiger partial charge in [-0.25, -0.2) is 4.99 Å². The van der Waals surface area contributed by atoms with Gasteiger partial charge in [-0.15, -0.1) is 0 Å². The summed E-state index contributed by atoms with van der Waals surface area (Å²) < 4.78 is 10.6. The highest BCUT2D eigenvalue weighted by Crippen LogP contribution is 2.56. The van der Waals surface area contributed by atoms with Crippen LogP contribution in [-0.2, 0) is 6.54 Å². The summed E-state index contributed by atoms with van der Waals surface area (Å²) in [5.41, 5.74) is 7.59. The number of nitrogens with one attached hydrogen (secondary N) is 1. The van der Waals surface area contributed by atoms with E-state index >= 15 is 0 Å². The van der Waals surface area contributed by atoms with Crippen LogP contribution >= 0.6 is 0 Å². The normalized spacial score (nSPS) is 19.8. The highest BCUT2D eigenvalue weighted by molar-refractivity contribution is 5.77. The molecular weight excluding hydrogens is 290 g/mol. The number of nitrogens with two attached hydrogens (primary N) is 1. The van der Waals surface area contributed by atoms with E-state index in [9.17, 15) is 0 Å². The first kappa shape index (κ1) is 16.0. The van der Waals surface area contributed by atoms with Crippen molar-refractivity contribution in [3.8, 4) is 11.5 Å². The minimum absolute atomic E-state index is 0.503. The van der Waals surface area contributed by atoms with Crippen LogP contribution in [0.4, 0.5) is 0 Å². The van der Waals surface area contributed by atoms with Gasteiger partial charge in [0.15, 0.2) is 17.5 Å². The average molecular weight is 317 g/mol. The van der Waals surface area contributed by atoms with Crippen molar-refractivity contribution in [2.24, 2.45) is 22.1 Å². The van der Waals surface area contributed by atoms with Crippen molar-refractivity contribution in [1.82, 2.24) is 5.32 Å². The number of ether oxygens (including phenoxy) is 2. The molecule has 3 N–H and O–H groups in total. The van der Waals surface area contributed by atoms with Gasteiger partial charge in [-0.05, 0) is 54.7 Å². The Hall–Kier alpha value is -1.91. The Kier molecular flexibility index (Phi) is 4.64. The van der Waals surface area contributed by atoms with Gasteiger partial charge in [-0.1, -0.05) is 12.5 Å². The first-order chi connectivity index (χ1) is 11.2. The topological polar surface area (TPSA) is 68.9 Å². The zero-order chi connectivity index (χ0) is 16.3. The second-order valence-corrected chi connectivity index (χ2v) is 6.73. The maximum absolute atomic E-state index is 6.04. The van der Waals surface area contributed by atoms with Crippen molar-refractivity contribution in [2.75, 3.05) is 20.8 Å². The van der Waals surface area contributed by atoms with Crippen LogP contribution in [0.1, 0.15) is 37.7 Å². The third kappa shape index (κ3) is 3.54. The van der Waals surface area contributed by atoms with Gasteiger partial charge in [0.2, 0.25) is 0 Å².